The molecule has 2 rings (SSSR count). The molecule has 104 valence electrons. The quantitative estimate of drug-likeness (QED) is 0.716. The fourth-order valence-electron chi connectivity index (χ4n) is 3.84. The van der Waals surface area contributed by atoms with E-state index in [9.17, 15) is 0 Å². The van der Waals surface area contributed by atoms with Crippen LogP contribution in [0.5, 0.6) is 0 Å². The van der Waals surface area contributed by atoms with Crippen molar-refractivity contribution < 1.29 is 0 Å². The van der Waals surface area contributed by atoms with Gasteiger partial charge in [0.1, 0.15) is 0 Å². The molecule has 18 heavy (non-hydrogen) atoms. The van der Waals surface area contributed by atoms with Gasteiger partial charge in [-0.25, -0.2) is 0 Å². The molecular formula is C17H31N. The Labute approximate surface area is 113 Å². The van der Waals surface area contributed by atoms with E-state index < -0.39 is 0 Å². The molecule has 1 fully saturated rings. The highest BCUT2D eigenvalue weighted by Gasteiger charge is 2.19. The van der Waals surface area contributed by atoms with Gasteiger partial charge in [0.05, 0.1) is 0 Å². The van der Waals surface area contributed by atoms with Crippen molar-refractivity contribution in [2.45, 2.75) is 77.7 Å². The molecule has 1 nitrogen and oxygen atoms in total. The molecule has 0 spiro atoms. The highest BCUT2D eigenvalue weighted by atomic mass is 14.9. The molecule has 0 bridgehead atoms. The third-order valence-corrected chi connectivity index (χ3v) is 4.69. The first-order valence-corrected chi connectivity index (χ1v) is 8.14. The largest absolute Gasteiger partial charge is 0.314 e. The zero-order valence-electron chi connectivity index (χ0n) is 12.4. The van der Waals surface area contributed by atoms with Crippen LogP contribution in [-0.2, 0) is 0 Å². The van der Waals surface area contributed by atoms with Gasteiger partial charge in [-0.2, -0.15) is 0 Å². The van der Waals surface area contributed by atoms with E-state index in [1.54, 1.807) is 5.57 Å². The lowest BCUT2D eigenvalue weighted by Crippen LogP contribution is -2.35. The number of hydrogen-bond donors (Lipinski definition) is 1. The first-order chi connectivity index (χ1) is 8.74. The van der Waals surface area contributed by atoms with Gasteiger partial charge < -0.3 is 5.32 Å². The van der Waals surface area contributed by atoms with Crippen LogP contribution in [0.25, 0.3) is 0 Å². The summed E-state index contributed by atoms with van der Waals surface area (Å²) in [5.74, 6) is 1.68. The third-order valence-electron chi connectivity index (χ3n) is 4.69. The lowest BCUT2D eigenvalue weighted by Gasteiger charge is -2.28. The van der Waals surface area contributed by atoms with Crippen molar-refractivity contribution in [1.29, 1.82) is 0 Å². The summed E-state index contributed by atoms with van der Waals surface area (Å²) in [7, 11) is 0. The van der Waals surface area contributed by atoms with Crippen LogP contribution in [0.1, 0.15) is 71.6 Å². The number of hydrogen-bond acceptors (Lipinski definition) is 1. The number of rotatable bonds is 3. The molecule has 0 aromatic heterocycles. The molecule has 0 radical (unpaired) electrons. The molecule has 0 aromatic carbocycles. The summed E-state index contributed by atoms with van der Waals surface area (Å²) in [6, 6.07) is 0.812. The van der Waals surface area contributed by atoms with E-state index in [1.165, 1.54) is 64.3 Å². The van der Waals surface area contributed by atoms with E-state index in [0.717, 1.165) is 17.9 Å². The van der Waals surface area contributed by atoms with Crippen LogP contribution in [0.15, 0.2) is 11.6 Å². The topological polar surface area (TPSA) is 12.0 Å². The van der Waals surface area contributed by atoms with Crippen LogP contribution in [0.4, 0.5) is 0 Å². The molecule has 2 aliphatic rings. The Kier molecular flexibility index (Phi) is 5.75. The second kappa shape index (κ2) is 7.33. The second-order valence-electron chi connectivity index (χ2n) is 6.75. The van der Waals surface area contributed by atoms with Crippen molar-refractivity contribution in [3.63, 3.8) is 0 Å². The highest BCUT2D eigenvalue weighted by Crippen LogP contribution is 2.27. The fraction of sp³-hybridized carbons (Fsp3) is 0.882. The van der Waals surface area contributed by atoms with Crippen LogP contribution in [0, 0.1) is 11.8 Å². The van der Waals surface area contributed by atoms with Crippen LogP contribution in [-0.4, -0.2) is 12.6 Å². The molecule has 1 N–H and O–H groups in total. The van der Waals surface area contributed by atoms with Gasteiger partial charge in [-0.1, -0.05) is 50.7 Å². The van der Waals surface area contributed by atoms with Crippen LogP contribution < -0.4 is 5.32 Å². The predicted molar refractivity (Wildman–Crippen MR) is 79.8 cm³/mol. The van der Waals surface area contributed by atoms with Gasteiger partial charge >= 0.3 is 0 Å². The summed E-state index contributed by atoms with van der Waals surface area (Å²) in [6.45, 7) is 5.92. The van der Waals surface area contributed by atoms with Gasteiger partial charge in [-0.15, -0.1) is 0 Å². The van der Waals surface area contributed by atoms with E-state index >= 15 is 0 Å². The Bertz CT molecular complexity index is 261. The Hall–Kier alpha value is -0.300. The van der Waals surface area contributed by atoms with Gasteiger partial charge in [0.25, 0.3) is 0 Å². The summed E-state index contributed by atoms with van der Waals surface area (Å²) in [4.78, 5) is 0. The lowest BCUT2D eigenvalue weighted by molar-refractivity contribution is 0.328. The van der Waals surface area contributed by atoms with Gasteiger partial charge in [-0.05, 0) is 51.0 Å². The standard InChI is InChI=1S/C17H31N/c1-14-10-15(2)12-16(11-14)13-18-17-8-6-4-3-5-7-9-17/h10,14,16-18H,3-9,11-13H2,1-2H3. The van der Waals surface area contributed by atoms with E-state index in [0.29, 0.717) is 0 Å². The van der Waals surface area contributed by atoms with Gasteiger partial charge in [0, 0.05) is 6.04 Å². The summed E-state index contributed by atoms with van der Waals surface area (Å²) in [5.41, 5.74) is 1.61. The van der Waals surface area contributed by atoms with Crippen LogP contribution >= 0.6 is 0 Å². The maximum atomic E-state index is 3.87. The molecule has 0 aromatic rings. The summed E-state index contributed by atoms with van der Waals surface area (Å²) in [5, 5.41) is 3.87. The number of allylic oxidation sites excluding steroid dienone is 2. The Morgan fingerprint density at radius 1 is 1.11 bits per heavy atom. The summed E-state index contributed by atoms with van der Waals surface area (Å²) < 4.78 is 0. The van der Waals surface area contributed by atoms with Crippen LogP contribution in [0.2, 0.25) is 0 Å². The molecule has 1 saturated carbocycles. The molecule has 0 heterocycles. The Morgan fingerprint density at radius 3 is 2.44 bits per heavy atom. The molecule has 2 atom stereocenters. The SMILES string of the molecule is CC1=CC(C)CC(CNC2CCCCCCC2)C1. The maximum Gasteiger partial charge on any atom is 0.00671 e. The minimum Gasteiger partial charge on any atom is -0.314 e. The number of nitrogens with one attached hydrogen (secondary N) is 1. The second-order valence-corrected chi connectivity index (χ2v) is 6.75. The Morgan fingerprint density at radius 2 is 1.78 bits per heavy atom. The van der Waals surface area contributed by atoms with E-state index in [4.69, 9.17) is 0 Å². The first kappa shape index (κ1) is 14.1. The van der Waals surface area contributed by atoms with Gasteiger partial charge in [0.15, 0.2) is 0 Å². The molecule has 1 heteroatoms. The lowest BCUT2D eigenvalue weighted by atomic mass is 9.83. The minimum atomic E-state index is 0.794. The molecule has 2 aliphatic carbocycles. The summed E-state index contributed by atoms with van der Waals surface area (Å²) in [6.07, 6.45) is 15.3. The zero-order chi connectivity index (χ0) is 12.8. The third kappa shape index (κ3) is 4.76. The molecule has 0 saturated heterocycles. The fourth-order valence-corrected chi connectivity index (χ4v) is 3.84. The molecular weight excluding hydrogens is 218 g/mol. The van der Waals surface area contributed by atoms with E-state index in [-0.39, 0.29) is 0 Å². The van der Waals surface area contributed by atoms with Crippen molar-refractivity contribution in [3.8, 4) is 0 Å². The molecule has 0 aliphatic heterocycles. The van der Waals surface area contributed by atoms with Crippen LogP contribution in [0.3, 0.4) is 0 Å². The van der Waals surface area contributed by atoms with Crippen molar-refractivity contribution in [2.24, 2.45) is 11.8 Å². The maximum absolute atomic E-state index is 3.87. The van der Waals surface area contributed by atoms with Gasteiger partial charge in [0.2, 0.25) is 0 Å². The molecule has 0 amide bonds. The van der Waals surface area contributed by atoms with Gasteiger partial charge in [-0.3, -0.25) is 0 Å². The summed E-state index contributed by atoms with van der Waals surface area (Å²) >= 11 is 0. The van der Waals surface area contributed by atoms with Crippen molar-refractivity contribution in [3.05, 3.63) is 11.6 Å². The predicted octanol–water partition coefficient (Wildman–Crippen LogP) is 4.68. The van der Waals surface area contributed by atoms with E-state index in [1.807, 2.05) is 0 Å². The monoisotopic (exact) mass is 249 g/mol. The average Bonchev–Trinajstić information content (AvgIpc) is 2.26. The minimum absolute atomic E-state index is 0.794. The van der Waals surface area contributed by atoms with Crippen molar-refractivity contribution in [2.75, 3.05) is 6.54 Å². The Balaban J connectivity index is 1.71. The normalized spacial score (nSPS) is 31.6. The van der Waals surface area contributed by atoms with Crippen molar-refractivity contribution >= 4 is 0 Å². The zero-order valence-corrected chi connectivity index (χ0v) is 12.4. The van der Waals surface area contributed by atoms with Crippen molar-refractivity contribution in [1.82, 2.24) is 5.32 Å². The van der Waals surface area contributed by atoms with E-state index in [2.05, 4.69) is 25.2 Å². The first-order valence-electron chi connectivity index (χ1n) is 8.14. The average molecular weight is 249 g/mol. The smallest absolute Gasteiger partial charge is 0.00671 e. The highest BCUT2D eigenvalue weighted by molar-refractivity contribution is 5.06. The molecule has 2 unspecified atom stereocenters.